The zero-order valence-electron chi connectivity index (χ0n) is 14.0. The van der Waals surface area contributed by atoms with E-state index in [0.717, 1.165) is 4.57 Å². The number of aliphatic hydroxyl groups is 2. The van der Waals surface area contributed by atoms with Gasteiger partial charge in [-0.05, 0) is 23.7 Å². The Morgan fingerprint density at radius 3 is 2.81 bits per heavy atom. The number of nitrogens with one attached hydrogen (secondary N) is 1. The van der Waals surface area contributed by atoms with E-state index in [0.29, 0.717) is 5.56 Å². The summed E-state index contributed by atoms with van der Waals surface area (Å²) in [5.41, 5.74) is 6.26. The van der Waals surface area contributed by atoms with Crippen molar-refractivity contribution in [2.75, 3.05) is 11.9 Å². The summed E-state index contributed by atoms with van der Waals surface area (Å²) in [4.78, 5) is 30.7. The lowest BCUT2D eigenvalue weighted by molar-refractivity contribution is -0.0797. The first-order valence-electron chi connectivity index (χ1n) is 7.97. The number of rotatable bonds is 5. The molecule has 3 rings (SSSR count). The number of benzene rings is 1. The second kappa shape index (κ2) is 7.56. The van der Waals surface area contributed by atoms with Gasteiger partial charge in [0, 0.05) is 23.1 Å². The quantitative estimate of drug-likeness (QED) is 0.399. The van der Waals surface area contributed by atoms with E-state index in [1.165, 1.54) is 12.3 Å². The molecule has 1 aliphatic rings. The first-order chi connectivity index (χ1) is 13.0. The van der Waals surface area contributed by atoms with Crippen LogP contribution in [-0.2, 0) is 4.74 Å². The number of carbonyl (C=O) groups is 1. The van der Waals surface area contributed by atoms with Crippen molar-refractivity contribution in [3.05, 3.63) is 69.1 Å². The Labute approximate surface area is 152 Å². The van der Waals surface area contributed by atoms with Crippen LogP contribution < -0.4 is 11.0 Å². The molecule has 140 valence electrons. The van der Waals surface area contributed by atoms with E-state index < -0.39 is 36.3 Å². The Hall–Kier alpha value is -3.24. The van der Waals surface area contributed by atoms with Gasteiger partial charge in [0.25, 0.3) is 5.91 Å². The van der Waals surface area contributed by atoms with Gasteiger partial charge in [0.2, 0.25) is 0 Å². The number of anilines is 1. The van der Waals surface area contributed by atoms with Crippen LogP contribution in [0.1, 0.15) is 23.0 Å². The Bertz CT molecular complexity index is 942. The van der Waals surface area contributed by atoms with E-state index in [4.69, 9.17) is 10.3 Å². The molecule has 0 saturated carbocycles. The average molecular weight is 372 g/mol. The van der Waals surface area contributed by atoms with E-state index >= 15 is 0 Å². The van der Waals surface area contributed by atoms with Crippen molar-refractivity contribution in [3.8, 4) is 0 Å². The summed E-state index contributed by atoms with van der Waals surface area (Å²) < 4.78 is 6.48. The van der Waals surface area contributed by atoms with E-state index in [-0.39, 0.29) is 12.2 Å². The third-order valence-electron chi connectivity index (χ3n) is 4.11. The fourth-order valence-electron chi connectivity index (χ4n) is 2.75. The van der Waals surface area contributed by atoms with E-state index in [2.05, 4.69) is 20.3 Å². The van der Waals surface area contributed by atoms with Crippen molar-refractivity contribution in [1.82, 2.24) is 9.55 Å². The maximum atomic E-state index is 12.3. The van der Waals surface area contributed by atoms with Crippen LogP contribution >= 0.6 is 0 Å². The average Bonchev–Trinajstić information content (AvgIpc) is 2.99. The summed E-state index contributed by atoms with van der Waals surface area (Å²) in [5.74, 6) is -0.373. The van der Waals surface area contributed by atoms with Gasteiger partial charge in [-0.25, -0.2) is 4.79 Å². The van der Waals surface area contributed by atoms with Gasteiger partial charge in [-0.3, -0.25) is 9.36 Å². The van der Waals surface area contributed by atoms with Crippen LogP contribution in [-0.4, -0.2) is 44.1 Å². The summed E-state index contributed by atoms with van der Waals surface area (Å²) in [5, 5.41) is 25.3. The first kappa shape index (κ1) is 18.5. The predicted molar refractivity (Wildman–Crippen MR) is 92.6 cm³/mol. The number of hydrogen-bond acceptors (Lipinski definition) is 7. The largest absolute Gasteiger partial charge is 0.394 e. The van der Waals surface area contributed by atoms with Crippen LogP contribution in [0.25, 0.3) is 10.4 Å². The molecule has 3 N–H and O–H groups in total. The molecule has 0 spiro atoms. The van der Waals surface area contributed by atoms with Crippen molar-refractivity contribution in [2.45, 2.75) is 24.5 Å². The van der Waals surface area contributed by atoms with Crippen molar-refractivity contribution in [1.29, 1.82) is 0 Å². The number of aromatic nitrogens is 2. The van der Waals surface area contributed by atoms with Crippen molar-refractivity contribution >= 4 is 11.7 Å². The molecule has 3 atom stereocenters. The maximum Gasteiger partial charge on any atom is 0.351 e. The second-order valence-corrected chi connectivity index (χ2v) is 5.86. The zero-order chi connectivity index (χ0) is 19.4. The standard InChI is InChI=1S/C16H16N6O5/c17-21-20-16(26)8-13(27-11(16)9-23)22-7-6-12(19-15(22)25)18-14(24)10-4-2-1-3-5-10/h1-7,11,13,23,26H,8-9H2,(H,18,19,24,25)/t11-,13-,16+/m1/s1. The minimum absolute atomic E-state index is 0.0483. The van der Waals surface area contributed by atoms with Crippen LogP contribution in [0, 0.1) is 0 Å². The summed E-state index contributed by atoms with van der Waals surface area (Å²) in [6.07, 6.45) is -1.07. The molecule has 0 bridgehead atoms. The van der Waals surface area contributed by atoms with Crippen molar-refractivity contribution < 1.29 is 19.7 Å². The van der Waals surface area contributed by atoms with Gasteiger partial charge in [0.05, 0.1) is 6.61 Å². The number of nitrogens with zero attached hydrogens (tertiary/aromatic N) is 5. The molecule has 1 aliphatic heterocycles. The lowest BCUT2D eigenvalue weighted by atomic mass is 10.1. The normalized spacial score (nSPS) is 24.2. The fourth-order valence-corrected chi connectivity index (χ4v) is 2.75. The maximum absolute atomic E-state index is 12.3. The number of aliphatic hydroxyl groups excluding tert-OH is 1. The third-order valence-corrected chi connectivity index (χ3v) is 4.11. The van der Waals surface area contributed by atoms with Gasteiger partial charge < -0.3 is 20.3 Å². The summed E-state index contributed by atoms with van der Waals surface area (Å²) in [7, 11) is 0. The first-order valence-corrected chi connectivity index (χ1v) is 7.97. The van der Waals surface area contributed by atoms with Gasteiger partial charge in [-0.2, -0.15) is 4.98 Å². The molecule has 1 amide bonds. The Morgan fingerprint density at radius 2 is 2.19 bits per heavy atom. The summed E-state index contributed by atoms with van der Waals surface area (Å²) in [6, 6.07) is 9.82. The van der Waals surface area contributed by atoms with Crippen LogP contribution in [0.2, 0.25) is 0 Å². The minimum Gasteiger partial charge on any atom is -0.394 e. The lowest BCUT2D eigenvalue weighted by Crippen LogP contribution is -2.38. The molecule has 0 radical (unpaired) electrons. The highest BCUT2D eigenvalue weighted by atomic mass is 16.6. The van der Waals surface area contributed by atoms with E-state index in [9.17, 15) is 19.8 Å². The Morgan fingerprint density at radius 1 is 1.44 bits per heavy atom. The molecule has 1 saturated heterocycles. The van der Waals surface area contributed by atoms with Gasteiger partial charge in [-0.15, -0.1) is 0 Å². The molecule has 11 heteroatoms. The highest BCUT2D eigenvalue weighted by Gasteiger charge is 2.47. The molecule has 2 aromatic rings. The SMILES string of the molecule is [N-]=[N+]=N[C@]1(O)C[C@H](n2ccc(NC(=O)c3ccccc3)nc2=O)O[C@@H]1CO. The lowest BCUT2D eigenvalue weighted by Gasteiger charge is -2.19. The number of carbonyl (C=O) groups excluding carboxylic acids is 1. The predicted octanol–water partition coefficient (Wildman–Crippen LogP) is 0.774. The van der Waals surface area contributed by atoms with Gasteiger partial charge >= 0.3 is 5.69 Å². The number of azide groups is 1. The molecule has 11 nitrogen and oxygen atoms in total. The number of ether oxygens (including phenoxy) is 1. The van der Waals surface area contributed by atoms with Gasteiger partial charge in [0.1, 0.15) is 18.1 Å². The molecule has 1 aromatic carbocycles. The molecule has 27 heavy (non-hydrogen) atoms. The molecular formula is C16H16N6O5. The van der Waals surface area contributed by atoms with Crippen molar-refractivity contribution in [2.24, 2.45) is 5.11 Å². The van der Waals surface area contributed by atoms with Crippen LogP contribution in [0.5, 0.6) is 0 Å². The topological polar surface area (TPSA) is 162 Å². The molecule has 1 aromatic heterocycles. The van der Waals surface area contributed by atoms with Crippen LogP contribution in [0.4, 0.5) is 5.82 Å². The summed E-state index contributed by atoms with van der Waals surface area (Å²) in [6.45, 7) is -0.598. The Kier molecular flexibility index (Phi) is 5.19. The molecule has 2 heterocycles. The van der Waals surface area contributed by atoms with Gasteiger partial charge in [-0.1, -0.05) is 23.3 Å². The second-order valence-electron chi connectivity index (χ2n) is 5.86. The van der Waals surface area contributed by atoms with Crippen LogP contribution in [0.3, 0.4) is 0 Å². The molecular weight excluding hydrogens is 356 g/mol. The van der Waals surface area contributed by atoms with E-state index in [1.807, 2.05) is 0 Å². The van der Waals surface area contributed by atoms with E-state index in [1.54, 1.807) is 30.3 Å². The fraction of sp³-hybridized carbons (Fsp3) is 0.312. The molecule has 0 unspecified atom stereocenters. The van der Waals surface area contributed by atoms with Crippen molar-refractivity contribution in [3.63, 3.8) is 0 Å². The highest BCUT2D eigenvalue weighted by molar-refractivity contribution is 6.03. The molecule has 0 aliphatic carbocycles. The molecule has 1 fully saturated rings. The summed E-state index contributed by atoms with van der Waals surface area (Å²) >= 11 is 0. The number of amides is 1. The highest BCUT2D eigenvalue weighted by Crippen LogP contribution is 2.37. The number of hydrogen-bond donors (Lipinski definition) is 3. The Balaban J connectivity index is 1.79. The third kappa shape index (κ3) is 3.81. The monoisotopic (exact) mass is 372 g/mol. The van der Waals surface area contributed by atoms with Gasteiger partial charge in [0.15, 0.2) is 5.72 Å². The smallest absolute Gasteiger partial charge is 0.351 e. The van der Waals surface area contributed by atoms with Crippen LogP contribution in [0.15, 0.2) is 52.5 Å². The minimum atomic E-state index is -1.98. The zero-order valence-corrected chi connectivity index (χ0v) is 14.0.